The molecule has 1 aliphatic carbocycles. The summed E-state index contributed by atoms with van der Waals surface area (Å²) < 4.78 is 53.7. The number of amides is 1. The number of carbonyl (C=O) groups is 1. The molecule has 2 aromatic heterocycles. The lowest BCUT2D eigenvalue weighted by Crippen LogP contribution is -2.43. The minimum atomic E-state index is -4.65. The third kappa shape index (κ3) is 4.49. The Balaban J connectivity index is 1.27. The molecule has 0 atom stereocenters. The van der Waals surface area contributed by atoms with Crippen molar-refractivity contribution in [2.45, 2.75) is 44.4 Å². The van der Waals surface area contributed by atoms with Crippen LogP contribution in [0.5, 0.6) is 0 Å². The Morgan fingerprint density at radius 3 is 2.48 bits per heavy atom. The first kappa shape index (κ1) is 21.6. The van der Waals surface area contributed by atoms with Crippen molar-refractivity contribution in [1.82, 2.24) is 24.7 Å². The number of hydrogen-bond donors (Lipinski definition) is 0. The maximum atomic E-state index is 13.6. The molecule has 0 spiro atoms. The molecule has 2 aliphatic rings. The molecule has 1 saturated carbocycles. The summed E-state index contributed by atoms with van der Waals surface area (Å²) in [6.45, 7) is 1.38. The van der Waals surface area contributed by atoms with E-state index in [9.17, 15) is 22.4 Å². The first-order valence-electron chi connectivity index (χ1n) is 10.9. The lowest BCUT2D eigenvalue weighted by molar-refractivity contribution is -0.146. The highest BCUT2D eigenvalue weighted by molar-refractivity contribution is 5.80. The predicted molar refractivity (Wildman–Crippen MR) is 111 cm³/mol. The Morgan fingerprint density at radius 1 is 1.06 bits per heavy atom. The van der Waals surface area contributed by atoms with E-state index in [1.54, 1.807) is 12.1 Å². The quantitative estimate of drug-likeness (QED) is 0.541. The van der Waals surface area contributed by atoms with Crippen molar-refractivity contribution < 1.29 is 22.4 Å². The van der Waals surface area contributed by atoms with Crippen LogP contribution in [0, 0.1) is 11.7 Å². The van der Waals surface area contributed by atoms with Gasteiger partial charge >= 0.3 is 6.18 Å². The van der Waals surface area contributed by atoms with Gasteiger partial charge in [-0.25, -0.2) is 4.39 Å². The smallest absolute Gasteiger partial charge is 0.355 e. The molecular formula is C22H22F4N6O. The van der Waals surface area contributed by atoms with E-state index in [1.165, 1.54) is 18.2 Å². The number of anilines is 1. The van der Waals surface area contributed by atoms with Crippen LogP contribution in [-0.4, -0.2) is 49.7 Å². The summed E-state index contributed by atoms with van der Waals surface area (Å²) in [5.74, 6) is -1.22. The number of nitrogens with zero attached hydrogens (tertiary/aromatic N) is 6. The first-order chi connectivity index (χ1) is 15.8. The van der Waals surface area contributed by atoms with Gasteiger partial charge in [-0.2, -0.15) is 17.7 Å². The summed E-state index contributed by atoms with van der Waals surface area (Å²) in [6, 6.07) is 9.55. The molecule has 2 fully saturated rings. The van der Waals surface area contributed by atoms with E-state index in [2.05, 4.69) is 15.3 Å². The van der Waals surface area contributed by atoms with E-state index in [1.807, 2.05) is 15.9 Å². The summed E-state index contributed by atoms with van der Waals surface area (Å²) in [5.41, 5.74) is 0.785. The number of piperidine rings is 1. The van der Waals surface area contributed by atoms with Gasteiger partial charge < -0.3 is 9.80 Å². The lowest BCUT2D eigenvalue weighted by atomic mass is 9.95. The molecule has 1 amide bonds. The second-order valence-corrected chi connectivity index (χ2v) is 8.57. The van der Waals surface area contributed by atoms with Gasteiger partial charge in [-0.3, -0.25) is 4.79 Å². The lowest BCUT2D eigenvalue weighted by Gasteiger charge is -2.35. The van der Waals surface area contributed by atoms with E-state index in [4.69, 9.17) is 0 Å². The number of fused-ring (bicyclic) bond motifs is 1. The van der Waals surface area contributed by atoms with Gasteiger partial charge in [0.1, 0.15) is 11.6 Å². The molecule has 1 aromatic carbocycles. The van der Waals surface area contributed by atoms with Gasteiger partial charge in [0.15, 0.2) is 5.65 Å². The minimum Gasteiger partial charge on any atom is -0.355 e. The van der Waals surface area contributed by atoms with Gasteiger partial charge in [0.25, 0.3) is 5.82 Å². The van der Waals surface area contributed by atoms with E-state index in [0.29, 0.717) is 42.8 Å². The number of benzene rings is 1. The summed E-state index contributed by atoms with van der Waals surface area (Å²) in [5, 5.41) is 10.8. The predicted octanol–water partition coefficient (Wildman–Crippen LogP) is 3.69. The highest BCUT2D eigenvalue weighted by Crippen LogP contribution is 2.33. The van der Waals surface area contributed by atoms with Gasteiger partial charge in [-0.1, -0.05) is 12.1 Å². The molecule has 3 heterocycles. The zero-order valence-corrected chi connectivity index (χ0v) is 17.7. The third-order valence-electron chi connectivity index (χ3n) is 6.18. The maximum Gasteiger partial charge on any atom is 0.453 e. The summed E-state index contributed by atoms with van der Waals surface area (Å²) >= 11 is 0. The van der Waals surface area contributed by atoms with Crippen LogP contribution in [0.25, 0.3) is 5.65 Å². The number of carbonyl (C=O) groups excluding carboxylic acids is 1. The fraction of sp³-hybridized carbons (Fsp3) is 0.455. The molecule has 7 nitrogen and oxygen atoms in total. The van der Waals surface area contributed by atoms with Gasteiger partial charge in [0.05, 0.1) is 0 Å². The molecule has 0 bridgehead atoms. The zero-order valence-electron chi connectivity index (χ0n) is 17.7. The second kappa shape index (κ2) is 8.27. The Labute approximate surface area is 187 Å². The standard InChI is InChI=1S/C22H22F4N6O/c23-16-3-1-2-14(12-16)13-31(17-4-5-17)20(33)15-8-10-30(11-9-15)19-7-6-18-27-28-21(22(24,25)26)32(18)29-19/h1-3,6-7,12,15,17H,4-5,8-11,13H2. The maximum absolute atomic E-state index is 13.6. The van der Waals surface area contributed by atoms with Gasteiger partial charge in [0, 0.05) is 31.6 Å². The van der Waals surface area contributed by atoms with Crippen molar-refractivity contribution in [3.8, 4) is 0 Å². The van der Waals surface area contributed by atoms with Crippen molar-refractivity contribution in [3.05, 3.63) is 53.6 Å². The van der Waals surface area contributed by atoms with Crippen molar-refractivity contribution in [2.75, 3.05) is 18.0 Å². The van der Waals surface area contributed by atoms with Crippen molar-refractivity contribution in [3.63, 3.8) is 0 Å². The number of alkyl halides is 3. The third-order valence-corrected chi connectivity index (χ3v) is 6.18. The fourth-order valence-corrected chi connectivity index (χ4v) is 4.32. The Bertz CT molecular complexity index is 1170. The normalized spacial score (nSPS) is 17.5. The van der Waals surface area contributed by atoms with Crippen LogP contribution in [0.4, 0.5) is 23.4 Å². The molecule has 1 saturated heterocycles. The second-order valence-electron chi connectivity index (χ2n) is 8.57. The Hall–Kier alpha value is -3.24. The topological polar surface area (TPSA) is 66.6 Å². The number of rotatable bonds is 5. The van der Waals surface area contributed by atoms with Crippen LogP contribution in [0.3, 0.4) is 0 Å². The van der Waals surface area contributed by atoms with Crippen molar-refractivity contribution in [2.24, 2.45) is 5.92 Å². The largest absolute Gasteiger partial charge is 0.453 e. The molecule has 0 unspecified atom stereocenters. The molecule has 5 rings (SSSR count). The van der Waals surface area contributed by atoms with Gasteiger partial charge in [-0.15, -0.1) is 15.3 Å². The monoisotopic (exact) mass is 462 g/mol. The molecule has 33 heavy (non-hydrogen) atoms. The molecule has 3 aromatic rings. The molecule has 0 N–H and O–H groups in total. The highest BCUT2D eigenvalue weighted by Gasteiger charge is 2.39. The molecule has 174 valence electrons. The van der Waals surface area contributed by atoms with Gasteiger partial charge in [0.2, 0.25) is 5.91 Å². The van der Waals surface area contributed by atoms with Crippen LogP contribution in [-0.2, 0) is 17.5 Å². The number of hydrogen-bond acceptors (Lipinski definition) is 5. The summed E-state index contributed by atoms with van der Waals surface area (Å²) in [6.07, 6.45) is -1.62. The number of aromatic nitrogens is 4. The molecule has 11 heteroatoms. The summed E-state index contributed by atoms with van der Waals surface area (Å²) in [7, 11) is 0. The Kier molecular flexibility index (Phi) is 5.41. The van der Waals surface area contributed by atoms with E-state index in [0.717, 1.165) is 18.4 Å². The van der Waals surface area contributed by atoms with Crippen molar-refractivity contribution >= 4 is 17.4 Å². The SMILES string of the molecule is O=C(C1CCN(c2ccc3nnc(C(F)(F)F)n3n2)CC1)N(Cc1cccc(F)c1)C1CC1. The van der Waals surface area contributed by atoms with Crippen LogP contribution in [0.15, 0.2) is 36.4 Å². The molecule has 0 radical (unpaired) electrons. The van der Waals surface area contributed by atoms with E-state index in [-0.39, 0.29) is 29.3 Å². The molecular weight excluding hydrogens is 440 g/mol. The zero-order chi connectivity index (χ0) is 23.2. The van der Waals surface area contributed by atoms with Crippen LogP contribution in [0.1, 0.15) is 37.1 Å². The Morgan fingerprint density at radius 2 is 1.82 bits per heavy atom. The average molecular weight is 462 g/mol. The molecule has 1 aliphatic heterocycles. The van der Waals surface area contributed by atoms with Crippen LogP contribution >= 0.6 is 0 Å². The highest BCUT2D eigenvalue weighted by atomic mass is 19.4. The minimum absolute atomic E-state index is 0.0218. The average Bonchev–Trinajstić information content (AvgIpc) is 3.54. The van der Waals surface area contributed by atoms with Crippen LogP contribution < -0.4 is 4.90 Å². The van der Waals surface area contributed by atoms with Crippen molar-refractivity contribution in [1.29, 1.82) is 0 Å². The first-order valence-corrected chi connectivity index (χ1v) is 10.9. The summed E-state index contributed by atoms with van der Waals surface area (Å²) in [4.78, 5) is 17.0. The van der Waals surface area contributed by atoms with Crippen LogP contribution in [0.2, 0.25) is 0 Å². The fourth-order valence-electron chi connectivity index (χ4n) is 4.32. The number of halogens is 4. The van der Waals surface area contributed by atoms with E-state index >= 15 is 0 Å². The van der Waals surface area contributed by atoms with E-state index < -0.39 is 12.0 Å². The van der Waals surface area contributed by atoms with Gasteiger partial charge in [-0.05, 0) is 55.5 Å².